The van der Waals surface area contributed by atoms with Crippen LogP contribution in [0.2, 0.25) is 5.02 Å². The minimum absolute atomic E-state index is 0.000628. The molecule has 0 N–H and O–H groups in total. The molecular weight excluding hydrogens is 226 g/mol. The lowest BCUT2D eigenvalue weighted by molar-refractivity contribution is -0.144. The van der Waals surface area contributed by atoms with Crippen molar-refractivity contribution >= 4 is 23.3 Å². The van der Waals surface area contributed by atoms with Gasteiger partial charge in [0.1, 0.15) is 0 Å². The van der Waals surface area contributed by atoms with Crippen molar-refractivity contribution in [2.45, 2.75) is 6.42 Å². The highest BCUT2D eigenvalue weighted by Crippen LogP contribution is 2.25. The lowest BCUT2D eigenvalue weighted by Crippen LogP contribution is -2.23. The van der Waals surface area contributed by atoms with Gasteiger partial charge in [-0.15, -0.1) is 0 Å². The summed E-state index contributed by atoms with van der Waals surface area (Å²) in [6.45, 7) is 1.62. The van der Waals surface area contributed by atoms with E-state index >= 15 is 0 Å². The van der Waals surface area contributed by atoms with Crippen molar-refractivity contribution in [3.63, 3.8) is 0 Å². The van der Waals surface area contributed by atoms with E-state index in [0.717, 1.165) is 30.2 Å². The van der Waals surface area contributed by atoms with Gasteiger partial charge in [-0.25, -0.2) is 0 Å². The van der Waals surface area contributed by atoms with Gasteiger partial charge < -0.3 is 9.64 Å². The summed E-state index contributed by atoms with van der Waals surface area (Å²) in [6.07, 6.45) is 0.856. The summed E-state index contributed by atoms with van der Waals surface area (Å²) in [7, 11) is 1.44. The number of methoxy groups -OCH3 is 1. The van der Waals surface area contributed by atoms with Crippen molar-refractivity contribution in [3.8, 4) is 0 Å². The maximum Gasteiger partial charge on any atom is 0.310 e. The van der Waals surface area contributed by atoms with Crippen molar-refractivity contribution < 1.29 is 9.53 Å². The molecule has 1 fully saturated rings. The standard InChI is InChI=1S/C12H14ClNO2/c1-16-12(15)9-6-7-14(8-9)11-4-2-10(13)3-5-11/h2-5,9H,6-8H2,1H3. The fourth-order valence-corrected chi connectivity index (χ4v) is 2.13. The van der Waals surface area contributed by atoms with E-state index < -0.39 is 0 Å². The molecule has 1 aromatic rings. The number of anilines is 1. The zero-order chi connectivity index (χ0) is 11.5. The third kappa shape index (κ3) is 2.30. The number of benzene rings is 1. The third-order valence-electron chi connectivity index (χ3n) is 2.91. The van der Waals surface area contributed by atoms with Gasteiger partial charge in [-0.3, -0.25) is 4.79 Å². The van der Waals surface area contributed by atoms with Crippen LogP contribution in [0.1, 0.15) is 6.42 Å². The van der Waals surface area contributed by atoms with Gasteiger partial charge in [0, 0.05) is 23.8 Å². The summed E-state index contributed by atoms with van der Waals surface area (Å²) in [5.74, 6) is -0.114. The Labute approximate surface area is 100.0 Å². The first-order valence-electron chi connectivity index (χ1n) is 5.29. The molecule has 0 spiro atoms. The van der Waals surface area contributed by atoms with Crippen molar-refractivity contribution in [1.82, 2.24) is 0 Å². The number of hydrogen-bond acceptors (Lipinski definition) is 3. The van der Waals surface area contributed by atoms with Gasteiger partial charge in [-0.05, 0) is 30.7 Å². The molecule has 1 heterocycles. The first-order valence-corrected chi connectivity index (χ1v) is 5.67. The molecule has 0 radical (unpaired) electrons. The lowest BCUT2D eigenvalue weighted by atomic mass is 10.1. The maximum absolute atomic E-state index is 11.4. The molecule has 1 atom stereocenters. The quantitative estimate of drug-likeness (QED) is 0.742. The number of ether oxygens (including phenoxy) is 1. The number of carbonyl (C=O) groups excluding carboxylic acids is 1. The van der Waals surface area contributed by atoms with E-state index in [-0.39, 0.29) is 11.9 Å². The first kappa shape index (κ1) is 11.3. The van der Waals surface area contributed by atoms with Crippen LogP contribution in [0.15, 0.2) is 24.3 Å². The molecule has 16 heavy (non-hydrogen) atoms. The third-order valence-corrected chi connectivity index (χ3v) is 3.17. The van der Waals surface area contributed by atoms with Gasteiger partial charge in [0.25, 0.3) is 0 Å². The molecule has 3 nitrogen and oxygen atoms in total. The number of hydrogen-bond donors (Lipinski definition) is 0. The van der Waals surface area contributed by atoms with E-state index in [1.807, 2.05) is 24.3 Å². The molecule has 1 aliphatic rings. The molecule has 0 amide bonds. The highest BCUT2D eigenvalue weighted by atomic mass is 35.5. The zero-order valence-electron chi connectivity index (χ0n) is 9.15. The number of esters is 1. The predicted octanol–water partition coefficient (Wildman–Crippen LogP) is 2.34. The second kappa shape index (κ2) is 4.74. The molecule has 0 aromatic heterocycles. The van der Waals surface area contributed by atoms with Gasteiger partial charge in [0.05, 0.1) is 13.0 Å². The van der Waals surface area contributed by atoms with Gasteiger partial charge in [-0.1, -0.05) is 11.6 Å². The summed E-state index contributed by atoms with van der Waals surface area (Å²) in [5, 5.41) is 0.729. The predicted molar refractivity (Wildman–Crippen MR) is 63.8 cm³/mol. The number of rotatable bonds is 2. The zero-order valence-corrected chi connectivity index (χ0v) is 9.91. The number of halogens is 1. The van der Waals surface area contributed by atoms with Crippen LogP contribution in [0.25, 0.3) is 0 Å². The maximum atomic E-state index is 11.4. The minimum Gasteiger partial charge on any atom is -0.469 e. The Morgan fingerprint density at radius 1 is 1.44 bits per heavy atom. The fraction of sp³-hybridized carbons (Fsp3) is 0.417. The highest BCUT2D eigenvalue weighted by Gasteiger charge is 2.28. The summed E-state index contributed by atoms with van der Waals surface area (Å²) in [5.41, 5.74) is 1.11. The van der Waals surface area contributed by atoms with Crippen molar-refractivity contribution in [1.29, 1.82) is 0 Å². The molecule has 2 rings (SSSR count). The van der Waals surface area contributed by atoms with E-state index in [0.29, 0.717) is 0 Å². The lowest BCUT2D eigenvalue weighted by Gasteiger charge is -2.18. The molecule has 86 valence electrons. The minimum atomic E-state index is -0.114. The molecule has 1 unspecified atom stereocenters. The molecule has 1 saturated heterocycles. The van der Waals surface area contributed by atoms with Crippen LogP contribution >= 0.6 is 11.6 Å². The summed E-state index contributed by atoms with van der Waals surface area (Å²) in [4.78, 5) is 13.6. The second-order valence-corrected chi connectivity index (χ2v) is 4.37. The van der Waals surface area contributed by atoms with E-state index in [1.54, 1.807) is 0 Å². The van der Waals surface area contributed by atoms with E-state index in [1.165, 1.54) is 7.11 Å². The van der Waals surface area contributed by atoms with Gasteiger partial charge >= 0.3 is 5.97 Å². The van der Waals surface area contributed by atoms with Crippen LogP contribution in [0.5, 0.6) is 0 Å². The van der Waals surface area contributed by atoms with Crippen molar-refractivity contribution in [2.24, 2.45) is 5.92 Å². The molecule has 0 bridgehead atoms. The van der Waals surface area contributed by atoms with E-state index in [2.05, 4.69) is 4.90 Å². The Morgan fingerprint density at radius 2 is 2.12 bits per heavy atom. The van der Waals surface area contributed by atoms with E-state index in [4.69, 9.17) is 16.3 Å². The van der Waals surface area contributed by atoms with E-state index in [9.17, 15) is 4.79 Å². The number of nitrogens with zero attached hydrogens (tertiary/aromatic N) is 1. The fourth-order valence-electron chi connectivity index (χ4n) is 2.01. The summed E-state index contributed by atoms with van der Waals surface area (Å²) < 4.78 is 4.75. The van der Waals surface area contributed by atoms with Gasteiger partial charge in [0.15, 0.2) is 0 Å². The van der Waals surface area contributed by atoms with Crippen LogP contribution in [0.3, 0.4) is 0 Å². The SMILES string of the molecule is COC(=O)C1CCN(c2ccc(Cl)cc2)C1. The Hall–Kier alpha value is -1.22. The molecule has 0 aliphatic carbocycles. The summed E-state index contributed by atoms with van der Waals surface area (Å²) in [6, 6.07) is 7.68. The van der Waals surface area contributed by atoms with Gasteiger partial charge in [-0.2, -0.15) is 0 Å². The molecule has 4 heteroatoms. The molecular formula is C12H14ClNO2. The Kier molecular flexibility index (Phi) is 3.34. The van der Waals surface area contributed by atoms with Gasteiger partial charge in [0.2, 0.25) is 0 Å². The van der Waals surface area contributed by atoms with Crippen LogP contribution in [-0.4, -0.2) is 26.2 Å². The monoisotopic (exact) mass is 239 g/mol. The smallest absolute Gasteiger partial charge is 0.310 e. The number of carbonyl (C=O) groups is 1. The van der Waals surface area contributed by atoms with Crippen molar-refractivity contribution in [3.05, 3.63) is 29.3 Å². The average molecular weight is 240 g/mol. The Morgan fingerprint density at radius 3 is 2.75 bits per heavy atom. The highest BCUT2D eigenvalue weighted by molar-refractivity contribution is 6.30. The molecule has 1 aromatic carbocycles. The first-order chi connectivity index (χ1) is 7.70. The Bertz CT molecular complexity index is 377. The van der Waals surface area contributed by atoms with Crippen LogP contribution in [0.4, 0.5) is 5.69 Å². The largest absolute Gasteiger partial charge is 0.469 e. The average Bonchev–Trinajstić information content (AvgIpc) is 2.78. The Balaban J connectivity index is 2.03. The molecule has 1 aliphatic heterocycles. The van der Waals surface area contributed by atoms with Crippen molar-refractivity contribution in [2.75, 3.05) is 25.1 Å². The summed E-state index contributed by atoms with van der Waals surface area (Å²) >= 11 is 5.83. The second-order valence-electron chi connectivity index (χ2n) is 3.93. The van der Waals surface area contributed by atoms with Crippen LogP contribution in [-0.2, 0) is 9.53 Å². The normalized spacial score (nSPS) is 19.9. The van der Waals surface area contributed by atoms with Crippen LogP contribution < -0.4 is 4.90 Å². The van der Waals surface area contributed by atoms with Crippen LogP contribution in [0, 0.1) is 5.92 Å². The molecule has 0 saturated carbocycles. The topological polar surface area (TPSA) is 29.5 Å².